The molecule has 5 nitrogen and oxygen atoms in total. The van der Waals surface area contributed by atoms with Crippen molar-refractivity contribution >= 4 is 5.91 Å². The van der Waals surface area contributed by atoms with E-state index in [9.17, 15) is 9.18 Å². The van der Waals surface area contributed by atoms with Crippen molar-refractivity contribution in [3.8, 4) is 5.75 Å². The van der Waals surface area contributed by atoms with Crippen LogP contribution < -0.4 is 10.1 Å². The molecule has 0 aliphatic carbocycles. The first-order valence-electron chi connectivity index (χ1n) is 8.50. The quantitative estimate of drug-likeness (QED) is 0.875. The van der Waals surface area contributed by atoms with Crippen LogP contribution in [-0.2, 0) is 11.3 Å². The van der Waals surface area contributed by atoms with Gasteiger partial charge in [0.15, 0.2) is 0 Å². The Balaban J connectivity index is 1.37. The number of ether oxygens (including phenoxy) is 1. The Hall–Kier alpha value is -2.47. The van der Waals surface area contributed by atoms with E-state index in [0.29, 0.717) is 18.8 Å². The topological polar surface area (TPSA) is 54.5 Å². The zero-order chi connectivity index (χ0) is 17.5. The van der Waals surface area contributed by atoms with Crippen LogP contribution in [0.4, 0.5) is 4.39 Å². The third-order valence-corrected chi connectivity index (χ3v) is 4.21. The average molecular weight is 343 g/mol. The van der Waals surface area contributed by atoms with Gasteiger partial charge in [-0.2, -0.15) is 0 Å². The molecule has 132 valence electrons. The second-order valence-electron chi connectivity index (χ2n) is 6.15. The number of likely N-dealkylation sites (tertiary alicyclic amines) is 1. The minimum atomic E-state index is -0.265. The SMILES string of the molecule is O=C(CN1CCC(Oc2ccc(F)cc2)CC1)NCc1ccccn1. The lowest BCUT2D eigenvalue weighted by atomic mass is 10.1. The molecule has 1 N–H and O–H groups in total. The predicted molar refractivity (Wildman–Crippen MR) is 92.6 cm³/mol. The maximum Gasteiger partial charge on any atom is 0.234 e. The van der Waals surface area contributed by atoms with Gasteiger partial charge in [0.05, 0.1) is 18.8 Å². The Morgan fingerprint density at radius 3 is 2.64 bits per heavy atom. The van der Waals surface area contributed by atoms with Crippen molar-refractivity contribution in [1.82, 2.24) is 15.2 Å². The molecule has 1 aromatic heterocycles. The van der Waals surface area contributed by atoms with Crippen LogP contribution in [0.3, 0.4) is 0 Å². The van der Waals surface area contributed by atoms with Gasteiger partial charge in [-0.15, -0.1) is 0 Å². The monoisotopic (exact) mass is 343 g/mol. The summed E-state index contributed by atoms with van der Waals surface area (Å²) < 4.78 is 18.8. The lowest BCUT2D eigenvalue weighted by Crippen LogP contribution is -2.43. The Kier molecular flexibility index (Phi) is 5.95. The highest BCUT2D eigenvalue weighted by atomic mass is 19.1. The fourth-order valence-corrected chi connectivity index (χ4v) is 2.84. The molecule has 1 fully saturated rings. The number of nitrogens with one attached hydrogen (secondary N) is 1. The van der Waals surface area contributed by atoms with Crippen molar-refractivity contribution in [3.63, 3.8) is 0 Å². The van der Waals surface area contributed by atoms with E-state index in [-0.39, 0.29) is 17.8 Å². The number of carbonyl (C=O) groups excluding carboxylic acids is 1. The van der Waals surface area contributed by atoms with Crippen LogP contribution in [0.15, 0.2) is 48.7 Å². The van der Waals surface area contributed by atoms with E-state index in [1.165, 1.54) is 12.1 Å². The molecule has 1 aliphatic heterocycles. The minimum Gasteiger partial charge on any atom is -0.490 e. The third-order valence-electron chi connectivity index (χ3n) is 4.21. The van der Waals surface area contributed by atoms with E-state index in [2.05, 4.69) is 15.2 Å². The highest BCUT2D eigenvalue weighted by Crippen LogP contribution is 2.19. The molecular weight excluding hydrogens is 321 g/mol. The number of hydrogen-bond acceptors (Lipinski definition) is 4. The molecule has 6 heteroatoms. The summed E-state index contributed by atoms with van der Waals surface area (Å²) in [6.45, 7) is 2.45. The van der Waals surface area contributed by atoms with E-state index in [1.807, 2.05) is 18.2 Å². The molecule has 25 heavy (non-hydrogen) atoms. The number of pyridine rings is 1. The highest BCUT2D eigenvalue weighted by molar-refractivity contribution is 5.77. The number of benzene rings is 1. The Morgan fingerprint density at radius 2 is 1.96 bits per heavy atom. The van der Waals surface area contributed by atoms with Crippen LogP contribution in [0, 0.1) is 5.82 Å². The number of piperidine rings is 1. The molecule has 2 aromatic rings. The van der Waals surface area contributed by atoms with Crippen molar-refractivity contribution in [2.45, 2.75) is 25.5 Å². The lowest BCUT2D eigenvalue weighted by molar-refractivity contribution is -0.122. The Labute approximate surface area is 146 Å². The fourth-order valence-electron chi connectivity index (χ4n) is 2.84. The first kappa shape index (κ1) is 17.4. The van der Waals surface area contributed by atoms with Gasteiger partial charge in [-0.05, 0) is 49.2 Å². The third kappa shape index (κ3) is 5.53. The Morgan fingerprint density at radius 1 is 1.20 bits per heavy atom. The highest BCUT2D eigenvalue weighted by Gasteiger charge is 2.22. The van der Waals surface area contributed by atoms with Gasteiger partial charge < -0.3 is 10.1 Å². The lowest BCUT2D eigenvalue weighted by Gasteiger charge is -2.31. The molecule has 3 rings (SSSR count). The van der Waals surface area contributed by atoms with Gasteiger partial charge in [0.2, 0.25) is 5.91 Å². The summed E-state index contributed by atoms with van der Waals surface area (Å²) in [5.41, 5.74) is 0.849. The van der Waals surface area contributed by atoms with E-state index in [4.69, 9.17) is 4.74 Å². The van der Waals surface area contributed by atoms with Crippen LogP contribution >= 0.6 is 0 Å². The molecule has 2 heterocycles. The first-order valence-corrected chi connectivity index (χ1v) is 8.50. The molecule has 0 radical (unpaired) electrons. The van der Waals surface area contributed by atoms with Crippen LogP contribution in [-0.4, -0.2) is 41.5 Å². The number of halogens is 1. The summed E-state index contributed by atoms with van der Waals surface area (Å²) >= 11 is 0. The summed E-state index contributed by atoms with van der Waals surface area (Å²) in [4.78, 5) is 18.3. The second kappa shape index (κ2) is 8.58. The van der Waals surface area contributed by atoms with Crippen LogP contribution in [0.25, 0.3) is 0 Å². The number of aromatic nitrogens is 1. The summed E-state index contributed by atoms with van der Waals surface area (Å²) in [5, 5.41) is 2.89. The zero-order valence-corrected chi connectivity index (χ0v) is 14.0. The summed E-state index contributed by atoms with van der Waals surface area (Å²) in [5.74, 6) is 0.426. The molecule has 0 spiro atoms. The number of amides is 1. The normalized spacial score (nSPS) is 15.7. The largest absolute Gasteiger partial charge is 0.490 e. The van der Waals surface area contributed by atoms with Crippen LogP contribution in [0.2, 0.25) is 0 Å². The van der Waals surface area contributed by atoms with Crippen molar-refractivity contribution in [1.29, 1.82) is 0 Å². The van der Waals surface area contributed by atoms with Crippen molar-refractivity contribution in [2.75, 3.05) is 19.6 Å². The Bertz CT molecular complexity index is 671. The molecule has 1 aromatic carbocycles. The van der Waals surface area contributed by atoms with E-state index >= 15 is 0 Å². The second-order valence-corrected chi connectivity index (χ2v) is 6.15. The van der Waals surface area contributed by atoms with Crippen molar-refractivity contribution in [3.05, 3.63) is 60.2 Å². The molecule has 1 aliphatic rings. The molecule has 0 saturated carbocycles. The van der Waals surface area contributed by atoms with Crippen LogP contribution in [0.5, 0.6) is 5.75 Å². The van der Waals surface area contributed by atoms with Gasteiger partial charge in [-0.3, -0.25) is 14.7 Å². The standard InChI is InChI=1S/C19H22FN3O2/c20-15-4-6-17(7-5-15)25-18-8-11-23(12-9-18)14-19(24)22-13-16-3-1-2-10-21-16/h1-7,10,18H,8-9,11-14H2,(H,22,24). The number of hydrogen-bond donors (Lipinski definition) is 1. The first-order chi connectivity index (χ1) is 12.2. The van der Waals surface area contributed by atoms with E-state index in [0.717, 1.165) is 31.6 Å². The summed E-state index contributed by atoms with van der Waals surface area (Å²) in [7, 11) is 0. The smallest absolute Gasteiger partial charge is 0.234 e. The fraction of sp³-hybridized carbons (Fsp3) is 0.368. The van der Waals surface area contributed by atoms with Gasteiger partial charge in [0.25, 0.3) is 0 Å². The van der Waals surface area contributed by atoms with E-state index < -0.39 is 0 Å². The zero-order valence-electron chi connectivity index (χ0n) is 14.0. The maximum absolute atomic E-state index is 12.9. The van der Waals surface area contributed by atoms with Crippen LogP contribution in [0.1, 0.15) is 18.5 Å². The van der Waals surface area contributed by atoms with E-state index in [1.54, 1.807) is 18.3 Å². The van der Waals surface area contributed by atoms with Gasteiger partial charge in [0, 0.05) is 19.3 Å². The number of carbonyl (C=O) groups is 1. The summed E-state index contributed by atoms with van der Waals surface area (Å²) in [6, 6.07) is 11.7. The number of rotatable bonds is 6. The van der Waals surface area contributed by atoms with Gasteiger partial charge in [-0.1, -0.05) is 6.07 Å². The number of nitrogens with zero attached hydrogens (tertiary/aromatic N) is 2. The summed E-state index contributed by atoms with van der Waals surface area (Å²) in [6.07, 6.45) is 3.53. The minimum absolute atomic E-state index is 0.00329. The van der Waals surface area contributed by atoms with Gasteiger partial charge in [0.1, 0.15) is 17.7 Å². The molecular formula is C19H22FN3O2. The molecule has 1 saturated heterocycles. The molecule has 0 unspecified atom stereocenters. The molecule has 0 bridgehead atoms. The van der Waals surface area contributed by atoms with Gasteiger partial charge >= 0.3 is 0 Å². The predicted octanol–water partition coefficient (Wildman–Crippen LogP) is 2.38. The average Bonchev–Trinajstić information content (AvgIpc) is 2.64. The van der Waals surface area contributed by atoms with Crippen molar-refractivity contribution < 1.29 is 13.9 Å². The molecule has 1 amide bonds. The van der Waals surface area contributed by atoms with Gasteiger partial charge in [-0.25, -0.2) is 4.39 Å². The van der Waals surface area contributed by atoms with Crippen molar-refractivity contribution in [2.24, 2.45) is 0 Å². The maximum atomic E-state index is 12.9. The molecule has 0 atom stereocenters.